The Morgan fingerprint density at radius 2 is 2.10 bits per heavy atom. The summed E-state index contributed by atoms with van der Waals surface area (Å²) in [5, 5.41) is 12.4. The van der Waals surface area contributed by atoms with Gasteiger partial charge in [-0.2, -0.15) is 0 Å². The van der Waals surface area contributed by atoms with Gasteiger partial charge in [0.15, 0.2) is 0 Å². The summed E-state index contributed by atoms with van der Waals surface area (Å²) in [5.74, 6) is -1.16. The van der Waals surface area contributed by atoms with Crippen LogP contribution in [0.5, 0.6) is 0 Å². The zero-order valence-electron chi connectivity index (χ0n) is 11.6. The van der Waals surface area contributed by atoms with Crippen molar-refractivity contribution in [2.24, 2.45) is 5.92 Å². The maximum Gasteiger partial charge on any atom is 0.305 e. The number of carboxylic acid groups (broad SMARTS) is 1. The van der Waals surface area contributed by atoms with E-state index in [2.05, 4.69) is 11.4 Å². The molecule has 21 heavy (non-hydrogen) atoms. The first-order valence-corrected chi connectivity index (χ1v) is 7.37. The highest BCUT2D eigenvalue weighted by atomic mass is 35.5. The molecular weight excluding hydrogens is 290 g/mol. The molecule has 0 saturated heterocycles. The molecule has 0 heterocycles. The number of benzene rings is 1. The van der Waals surface area contributed by atoms with Gasteiger partial charge in [0.05, 0.1) is 12.5 Å². The number of halogens is 1. The summed E-state index contributed by atoms with van der Waals surface area (Å²) < 4.78 is 0. The lowest BCUT2D eigenvalue weighted by Crippen LogP contribution is -2.35. The molecule has 112 valence electrons. The van der Waals surface area contributed by atoms with Gasteiger partial charge in [-0.1, -0.05) is 42.0 Å². The molecule has 1 aromatic rings. The number of amides is 1. The van der Waals surface area contributed by atoms with E-state index in [1.165, 1.54) is 0 Å². The van der Waals surface area contributed by atoms with Gasteiger partial charge in [-0.25, -0.2) is 0 Å². The number of nitrogens with one attached hydrogen (secondary N) is 1. The predicted octanol–water partition coefficient (Wildman–Crippen LogP) is 3.33. The summed E-state index contributed by atoms with van der Waals surface area (Å²) in [5.41, 5.74) is 0.640. The average molecular weight is 308 g/mol. The van der Waals surface area contributed by atoms with Gasteiger partial charge >= 0.3 is 5.97 Å². The van der Waals surface area contributed by atoms with Crippen molar-refractivity contribution in [3.05, 3.63) is 47.0 Å². The first-order valence-electron chi connectivity index (χ1n) is 6.99. The lowest BCUT2D eigenvalue weighted by molar-refractivity contribution is -0.138. The van der Waals surface area contributed by atoms with Crippen LogP contribution in [0.4, 0.5) is 0 Å². The largest absolute Gasteiger partial charge is 0.481 e. The quantitative estimate of drug-likeness (QED) is 0.820. The highest BCUT2D eigenvalue weighted by molar-refractivity contribution is 6.31. The van der Waals surface area contributed by atoms with Gasteiger partial charge in [0, 0.05) is 10.9 Å². The van der Waals surface area contributed by atoms with Crippen molar-refractivity contribution in [2.45, 2.75) is 31.7 Å². The number of hydrogen-bond donors (Lipinski definition) is 2. The van der Waals surface area contributed by atoms with E-state index in [1.807, 2.05) is 6.08 Å². The first kappa shape index (κ1) is 15.6. The van der Waals surface area contributed by atoms with Gasteiger partial charge < -0.3 is 10.4 Å². The molecule has 2 N–H and O–H groups in total. The fourth-order valence-corrected chi connectivity index (χ4v) is 2.76. The minimum Gasteiger partial charge on any atom is -0.481 e. The monoisotopic (exact) mass is 307 g/mol. The fraction of sp³-hybridized carbons (Fsp3) is 0.375. The second kappa shape index (κ2) is 7.27. The van der Waals surface area contributed by atoms with E-state index in [1.54, 1.807) is 24.3 Å². The molecule has 0 radical (unpaired) electrons. The van der Waals surface area contributed by atoms with Crippen LogP contribution in [0.25, 0.3) is 0 Å². The Bertz CT molecular complexity index is 556. The van der Waals surface area contributed by atoms with Gasteiger partial charge in [-0.15, -0.1) is 0 Å². The maximum atomic E-state index is 12.3. The molecule has 0 aromatic heterocycles. The van der Waals surface area contributed by atoms with E-state index >= 15 is 0 Å². The lowest BCUT2D eigenvalue weighted by atomic mass is 9.92. The smallest absolute Gasteiger partial charge is 0.305 e. The van der Waals surface area contributed by atoms with Crippen LogP contribution in [-0.2, 0) is 9.59 Å². The van der Waals surface area contributed by atoms with Crippen LogP contribution in [-0.4, -0.2) is 17.0 Å². The van der Waals surface area contributed by atoms with E-state index in [4.69, 9.17) is 16.7 Å². The van der Waals surface area contributed by atoms with E-state index < -0.39 is 12.0 Å². The maximum absolute atomic E-state index is 12.3. The number of aliphatic carboxylic acids is 1. The molecule has 0 saturated carbocycles. The van der Waals surface area contributed by atoms with Gasteiger partial charge in [0.25, 0.3) is 0 Å². The zero-order valence-corrected chi connectivity index (χ0v) is 12.3. The molecule has 5 heteroatoms. The fourth-order valence-electron chi connectivity index (χ4n) is 2.49. The number of hydrogen-bond acceptors (Lipinski definition) is 2. The van der Waals surface area contributed by atoms with Crippen molar-refractivity contribution in [2.75, 3.05) is 0 Å². The van der Waals surface area contributed by atoms with Gasteiger partial charge in [-0.05, 0) is 30.9 Å². The van der Waals surface area contributed by atoms with Crippen molar-refractivity contribution in [3.63, 3.8) is 0 Å². The van der Waals surface area contributed by atoms with Gasteiger partial charge in [0.1, 0.15) is 0 Å². The molecule has 2 unspecified atom stereocenters. The summed E-state index contributed by atoms with van der Waals surface area (Å²) >= 11 is 6.12. The van der Waals surface area contributed by atoms with E-state index in [-0.39, 0.29) is 18.2 Å². The third-order valence-corrected chi connectivity index (χ3v) is 3.96. The van der Waals surface area contributed by atoms with Gasteiger partial charge in [0.2, 0.25) is 5.91 Å². The summed E-state index contributed by atoms with van der Waals surface area (Å²) in [6.45, 7) is 0. The van der Waals surface area contributed by atoms with Crippen LogP contribution in [0.15, 0.2) is 36.4 Å². The second-order valence-corrected chi connectivity index (χ2v) is 5.57. The number of allylic oxidation sites excluding steroid dienone is 2. The molecule has 0 bridgehead atoms. The van der Waals surface area contributed by atoms with Crippen molar-refractivity contribution >= 4 is 23.5 Å². The number of carbonyl (C=O) groups is 2. The molecule has 0 aliphatic heterocycles. The summed E-state index contributed by atoms with van der Waals surface area (Å²) in [6, 6.07) is 6.40. The Morgan fingerprint density at radius 1 is 1.33 bits per heavy atom. The van der Waals surface area contributed by atoms with E-state index in [0.29, 0.717) is 17.0 Å². The number of carbonyl (C=O) groups excluding carboxylic acids is 1. The molecule has 2 atom stereocenters. The van der Waals surface area contributed by atoms with Crippen molar-refractivity contribution < 1.29 is 14.7 Å². The minimum atomic E-state index is -0.969. The lowest BCUT2D eigenvalue weighted by Gasteiger charge is -2.23. The number of carboxylic acids is 1. The van der Waals surface area contributed by atoms with E-state index in [9.17, 15) is 9.59 Å². The standard InChI is InChI=1S/C16H18ClNO3/c17-13-9-5-4-8-12(13)14(10-15(19)20)18-16(21)11-6-2-1-3-7-11/h1-2,4-5,8-9,11,14H,3,6-7,10H2,(H,18,21)(H,19,20). The molecule has 2 rings (SSSR count). The second-order valence-electron chi connectivity index (χ2n) is 5.16. The minimum absolute atomic E-state index is 0.0891. The van der Waals surface area contributed by atoms with Crippen molar-refractivity contribution in [1.29, 1.82) is 0 Å². The highest BCUT2D eigenvalue weighted by Gasteiger charge is 2.25. The van der Waals surface area contributed by atoms with Crippen LogP contribution in [0.2, 0.25) is 5.02 Å². The predicted molar refractivity (Wildman–Crippen MR) is 81.1 cm³/mol. The van der Waals surface area contributed by atoms with Crippen LogP contribution in [0, 0.1) is 5.92 Å². The first-order chi connectivity index (χ1) is 10.1. The van der Waals surface area contributed by atoms with Crippen molar-refractivity contribution in [3.8, 4) is 0 Å². The highest BCUT2D eigenvalue weighted by Crippen LogP contribution is 2.26. The van der Waals surface area contributed by atoms with Crippen LogP contribution in [0.1, 0.15) is 37.3 Å². The topological polar surface area (TPSA) is 66.4 Å². The van der Waals surface area contributed by atoms with Crippen molar-refractivity contribution in [1.82, 2.24) is 5.32 Å². The third kappa shape index (κ3) is 4.33. The Balaban J connectivity index is 2.13. The van der Waals surface area contributed by atoms with Gasteiger partial charge in [-0.3, -0.25) is 9.59 Å². The molecule has 1 aromatic carbocycles. The Morgan fingerprint density at radius 3 is 2.71 bits per heavy atom. The molecule has 0 fully saturated rings. The SMILES string of the molecule is O=C(O)CC(NC(=O)C1CC=CCC1)c1ccccc1Cl. The van der Waals surface area contributed by atoms with E-state index in [0.717, 1.165) is 12.8 Å². The average Bonchev–Trinajstić information content (AvgIpc) is 2.47. The van der Waals surface area contributed by atoms with Crippen LogP contribution >= 0.6 is 11.6 Å². The third-order valence-electron chi connectivity index (χ3n) is 3.62. The molecule has 0 spiro atoms. The Labute approximate surface area is 128 Å². The van der Waals surface area contributed by atoms with Crippen LogP contribution < -0.4 is 5.32 Å². The molecule has 1 amide bonds. The number of rotatable bonds is 5. The Kier molecular flexibility index (Phi) is 5.39. The summed E-state index contributed by atoms with van der Waals surface area (Å²) in [7, 11) is 0. The normalized spacial score (nSPS) is 19.0. The zero-order chi connectivity index (χ0) is 15.2. The molecular formula is C16H18ClNO3. The Hall–Kier alpha value is -1.81. The molecule has 1 aliphatic rings. The van der Waals surface area contributed by atoms with Crippen LogP contribution in [0.3, 0.4) is 0 Å². The summed E-state index contributed by atoms with van der Waals surface area (Å²) in [4.78, 5) is 23.3. The molecule has 4 nitrogen and oxygen atoms in total. The molecule has 1 aliphatic carbocycles. The summed E-state index contributed by atoms with van der Waals surface area (Å²) in [6.07, 6.45) is 6.26.